The molecule has 1 saturated heterocycles. The van der Waals surface area contributed by atoms with Crippen LogP contribution in [0.1, 0.15) is 26.2 Å². The number of benzene rings is 1. The van der Waals surface area contributed by atoms with Crippen molar-refractivity contribution in [2.24, 2.45) is 0 Å². The van der Waals surface area contributed by atoms with E-state index >= 15 is 0 Å². The summed E-state index contributed by atoms with van der Waals surface area (Å²) in [6.07, 6.45) is 2.32. The maximum absolute atomic E-state index is 12.2. The van der Waals surface area contributed by atoms with Gasteiger partial charge in [0.05, 0.1) is 11.4 Å². The fourth-order valence-electron chi connectivity index (χ4n) is 2.28. The molecule has 1 atom stereocenters. The molecule has 20 heavy (non-hydrogen) atoms. The number of rotatable bonds is 3. The molecular formula is C15H20BrNO2S. The predicted octanol–water partition coefficient (Wildman–Crippen LogP) is 3.30. The normalized spacial score (nSPS) is 23.4. The van der Waals surface area contributed by atoms with Gasteiger partial charge in [-0.3, -0.25) is 4.79 Å². The van der Waals surface area contributed by atoms with E-state index in [1.807, 2.05) is 36.1 Å². The van der Waals surface area contributed by atoms with Gasteiger partial charge < -0.3 is 10.0 Å². The molecule has 1 fully saturated rings. The van der Waals surface area contributed by atoms with Crippen LogP contribution in [0.15, 0.2) is 33.6 Å². The van der Waals surface area contributed by atoms with E-state index in [2.05, 4.69) is 15.9 Å². The van der Waals surface area contributed by atoms with Crippen molar-refractivity contribution in [2.75, 3.05) is 18.8 Å². The molecule has 1 heterocycles. The van der Waals surface area contributed by atoms with Crippen LogP contribution >= 0.6 is 27.7 Å². The highest BCUT2D eigenvalue weighted by atomic mass is 79.9. The van der Waals surface area contributed by atoms with Crippen LogP contribution in [0.4, 0.5) is 0 Å². The van der Waals surface area contributed by atoms with Crippen molar-refractivity contribution in [3.8, 4) is 0 Å². The van der Waals surface area contributed by atoms with Gasteiger partial charge in [0.25, 0.3) is 0 Å². The van der Waals surface area contributed by atoms with Crippen LogP contribution in [-0.4, -0.2) is 40.4 Å². The van der Waals surface area contributed by atoms with Crippen LogP contribution in [0.5, 0.6) is 0 Å². The maximum Gasteiger partial charge on any atom is 0.232 e. The molecule has 3 nitrogen and oxygen atoms in total. The van der Waals surface area contributed by atoms with Crippen LogP contribution < -0.4 is 0 Å². The van der Waals surface area contributed by atoms with Gasteiger partial charge in [0.15, 0.2) is 0 Å². The molecule has 1 unspecified atom stereocenters. The molecule has 1 aromatic carbocycles. The fraction of sp³-hybridized carbons (Fsp3) is 0.533. The van der Waals surface area contributed by atoms with Crippen molar-refractivity contribution in [3.63, 3.8) is 0 Å². The quantitative estimate of drug-likeness (QED) is 0.843. The molecule has 0 spiro atoms. The standard InChI is InChI=1S/C15H20BrNO2S/c1-15(19)7-2-9-17(10-8-15)14(18)11-20-13-5-3-12(16)4-6-13/h3-6,19H,2,7-11H2,1H3. The Bertz CT molecular complexity index is 461. The lowest BCUT2D eigenvalue weighted by molar-refractivity contribution is -0.128. The van der Waals surface area contributed by atoms with E-state index in [1.165, 1.54) is 0 Å². The van der Waals surface area contributed by atoms with Gasteiger partial charge in [-0.2, -0.15) is 0 Å². The minimum atomic E-state index is -0.617. The molecule has 1 aliphatic heterocycles. The summed E-state index contributed by atoms with van der Waals surface area (Å²) in [5.41, 5.74) is -0.617. The highest BCUT2D eigenvalue weighted by molar-refractivity contribution is 9.10. The minimum absolute atomic E-state index is 0.163. The molecule has 0 saturated carbocycles. The number of carbonyl (C=O) groups excluding carboxylic acids is 1. The van der Waals surface area contributed by atoms with E-state index in [4.69, 9.17) is 0 Å². The van der Waals surface area contributed by atoms with Gasteiger partial charge in [-0.1, -0.05) is 15.9 Å². The Morgan fingerprint density at radius 3 is 2.75 bits per heavy atom. The van der Waals surface area contributed by atoms with Gasteiger partial charge in [0, 0.05) is 22.5 Å². The number of hydrogen-bond donors (Lipinski definition) is 1. The smallest absolute Gasteiger partial charge is 0.232 e. The molecule has 0 radical (unpaired) electrons. The SMILES string of the molecule is CC1(O)CCCN(C(=O)CSc2ccc(Br)cc2)CC1. The second-order valence-electron chi connectivity index (χ2n) is 5.47. The number of carbonyl (C=O) groups is 1. The van der Waals surface area contributed by atoms with Crippen LogP contribution in [0.25, 0.3) is 0 Å². The zero-order chi connectivity index (χ0) is 14.6. The van der Waals surface area contributed by atoms with Gasteiger partial charge in [-0.05, 0) is 50.5 Å². The molecule has 110 valence electrons. The summed E-state index contributed by atoms with van der Waals surface area (Å²) in [5, 5.41) is 10.0. The summed E-state index contributed by atoms with van der Waals surface area (Å²) in [6.45, 7) is 3.28. The number of aliphatic hydroxyl groups is 1. The zero-order valence-electron chi connectivity index (χ0n) is 11.6. The zero-order valence-corrected chi connectivity index (χ0v) is 14.0. The third-order valence-corrected chi connectivity index (χ3v) is 5.12. The first-order chi connectivity index (χ1) is 9.46. The summed E-state index contributed by atoms with van der Waals surface area (Å²) in [6, 6.07) is 7.98. The molecule has 0 aromatic heterocycles. The number of amides is 1. The summed E-state index contributed by atoms with van der Waals surface area (Å²) >= 11 is 4.96. The number of hydrogen-bond acceptors (Lipinski definition) is 3. The van der Waals surface area contributed by atoms with Crippen molar-refractivity contribution in [3.05, 3.63) is 28.7 Å². The maximum atomic E-state index is 12.2. The summed E-state index contributed by atoms with van der Waals surface area (Å²) in [7, 11) is 0. The first-order valence-electron chi connectivity index (χ1n) is 6.85. The average molecular weight is 358 g/mol. The predicted molar refractivity (Wildman–Crippen MR) is 85.9 cm³/mol. The van der Waals surface area contributed by atoms with E-state index < -0.39 is 5.60 Å². The van der Waals surface area contributed by atoms with Gasteiger partial charge in [-0.15, -0.1) is 11.8 Å². The molecule has 1 N–H and O–H groups in total. The number of likely N-dealkylation sites (tertiary alicyclic amines) is 1. The molecule has 2 rings (SSSR count). The lowest BCUT2D eigenvalue weighted by Gasteiger charge is -2.22. The van der Waals surface area contributed by atoms with Crippen LogP contribution in [0, 0.1) is 0 Å². The monoisotopic (exact) mass is 357 g/mol. The summed E-state index contributed by atoms with van der Waals surface area (Å²) in [5.74, 6) is 0.625. The lowest BCUT2D eigenvalue weighted by atomic mass is 9.98. The highest BCUT2D eigenvalue weighted by Crippen LogP contribution is 2.24. The van der Waals surface area contributed by atoms with E-state index in [9.17, 15) is 9.90 Å². The summed E-state index contributed by atoms with van der Waals surface area (Å²) in [4.78, 5) is 15.2. The van der Waals surface area contributed by atoms with Gasteiger partial charge >= 0.3 is 0 Å². The first-order valence-corrected chi connectivity index (χ1v) is 8.63. The van der Waals surface area contributed by atoms with Crippen molar-refractivity contribution >= 4 is 33.6 Å². The van der Waals surface area contributed by atoms with Gasteiger partial charge in [0.1, 0.15) is 0 Å². The lowest BCUT2D eigenvalue weighted by Crippen LogP contribution is -2.34. The fourth-order valence-corrected chi connectivity index (χ4v) is 3.35. The Hall–Kier alpha value is -0.520. The second-order valence-corrected chi connectivity index (χ2v) is 7.44. The Kier molecular flexibility index (Phi) is 5.52. The molecule has 0 bridgehead atoms. The molecule has 5 heteroatoms. The van der Waals surface area contributed by atoms with Crippen LogP contribution in [0.2, 0.25) is 0 Å². The topological polar surface area (TPSA) is 40.5 Å². The average Bonchev–Trinajstić information content (AvgIpc) is 2.59. The number of nitrogens with zero attached hydrogens (tertiary/aromatic N) is 1. The molecule has 1 amide bonds. The number of halogens is 1. The molecule has 1 aliphatic rings. The Balaban J connectivity index is 1.84. The van der Waals surface area contributed by atoms with Gasteiger partial charge in [-0.25, -0.2) is 0 Å². The van der Waals surface area contributed by atoms with E-state index in [0.717, 1.165) is 28.8 Å². The molecule has 1 aromatic rings. The van der Waals surface area contributed by atoms with Crippen molar-refractivity contribution < 1.29 is 9.90 Å². The van der Waals surface area contributed by atoms with Crippen LogP contribution in [0.3, 0.4) is 0 Å². The van der Waals surface area contributed by atoms with E-state index in [1.54, 1.807) is 11.8 Å². The third kappa shape index (κ3) is 4.79. The first kappa shape index (κ1) is 15.9. The Labute approximate surface area is 132 Å². The Morgan fingerprint density at radius 1 is 1.35 bits per heavy atom. The van der Waals surface area contributed by atoms with E-state index in [-0.39, 0.29) is 5.91 Å². The van der Waals surface area contributed by atoms with Gasteiger partial charge in [0.2, 0.25) is 5.91 Å². The summed E-state index contributed by atoms with van der Waals surface area (Å²) < 4.78 is 1.04. The number of thioether (sulfide) groups is 1. The second kappa shape index (κ2) is 6.96. The van der Waals surface area contributed by atoms with Crippen molar-refractivity contribution in [1.82, 2.24) is 4.90 Å². The Morgan fingerprint density at radius 2 is 2.05 bits per heavy atom. The van der Waals surface area contributed by atoms with E-state index in [0.29, 0.717) is 18.7 Å². The van der Waals surface area contributed by atoms with Crippen LogP contribution in [-0.2, 0) is 4.79 Å². The third-order valence-electron chi connectivity index (χ3n) is 3.59. The largest absolute Gasteiger partial charge is 0.390 e. The van der Waals surface area contributed by atoms with Crippen molar-refractivity contribution in [1.29, 1.82) is 0 Å². The molecular weight excluding hydrogens is 338 g/mol. The highest BCUT2D eigenvalue weighted by Gasteiger charge is 2.26. The van der Waals surface area contributed by atoms with Crippen molar-refractivity contribution in [2.45, 2.75) is 36.7 Å². The minimum Gasteiger partial charge on any atom is -0.390 e. The molecule has 0 aliphatic carbocycles.